The van der Waals surface area contributed by atoms with Crippen LogP contribution in [0.3, 0.4) is 0 Å². The van der Waals surface area contributed by atoms with Gasteiger partial charge in [0.15, 0.2) is 5.52 Å². The number of quaternary nitrogens is 1. The van der Waals surface area contributed by atoms with Gasteiger partial charge in [0.05, 0.1) is 49.3 Å². The van der Waals surface area contributed by atoms with E-state index in [1.807, 2.05) is 20.9 Å². The zero-order valence-corrected chi connectivity index (χ0v) is 21.0. The Bertz CT molecular complexity index is 1440. The van der Waals surface area contributed by atoms with Crippen LogP contribution in [0.4, 0.5) is 0 Å². The maximum absolute atomic E-state index is 13.9. The predicted molar refractivity (Wildman–Crippen MR) is 129 cm³/mol. The molecular formula is C24H32N5O4S+. The fourth-order valence-corrected chi connectivity index (χ4v) is 8.35. The highest BCUT2D eigenvalue weighted by atomic mass is 32.2. The number of rotatable bonds is 7. The smallest absolute Gasteiger partial charge is 0.277 e. The summed E-state index contributed by atoms with van der Waals surface area (Å²) in [5.41, 5.74) is 1.85. The number of aromatic amines is 1. The SMILES string of the molecule is CCCc1nn(C)c2c(=O)[nH]c(-c3cc(S(=O)(=O)C45CCC[N+]4(C)CC5)ccc3OCC)nc12. The number of aromatic nitrogens is 4. The Morgan fingerprint density at radius 2 is 2.03 bits per heavy atom. The quantitative estimate of drug-likeness (QED) is 0.515. The van der Waals surface area contributed by atoms with Crippen LogP contribution in [-0.4, -0.2) is 64.3 Å². The predicted octanol–water partition coefficient (Wildman–Crippen LogP) is 2.79. The van der Waals surface area contributed by atoms with E-state index in [2.05, 4.69) is 10.1 Å². The zero-order chi connectivity index (χ0) is 24.3. The van der Waals surface area contributed by atoms with Crippen molar-refractivity contribution in [2.75, 3.05) is 26.7 Å². The lowest BCUT2D eigenvalue weighted by molar-refractivity contribution is -0.971. The van der Waals surface area contributed by atoms with Crippen molar-refractivity contribution in [1.82, 2.24) is 19.7 Å². The van der Waals surface area contributed by atoms with Gasteiger partial charge in [0.1, 0.15) is 17.1 Å². The van der Waals surface area contributed by atoms with Gasteiger partial charge in [0, 0.05) is 19.9 Å². The van der Waals surface area contributed by atoms with Crippen LogP contribution in [0.15, 0.2) is 27.9 Å². The number of hydrogen-bond acceptors (Lipinski definition) is 6. The Morgan fingerprint density at radius 1 is 1.24 bits per heavy atom. The van der Waals surface area contributed by atoms with Crippen molar-refractivity contribution < 1.29 is 17.6 Å². The molecule has 1 N–H and O–H groups in total. The fourth-order valence-electron chi connectivity index (χ4n) is 5.86. The maximum atomic E-state index is 13.9. The average Bonchev–Trinajstić information content (AvgIpc) is 3.23. The summed E-state index contributed by atoms with van der Waals surface area (Å²) in [6.07, 6.45) is 3.81. The Hall–Kier alpha value is -2.72. The third-order valence-electron chi connectivity index (χ3n) is 7.76. The molecule has 0 aliphatic carbocycles. The molecule has 0 amide bonds. The van der Waals surface area contributed by atoms with Crippen LogP contribution in [0.5, 0.6) is 5.75 Å². The van der Waals surface area contributed by atoms with Gasteiger partial charge >= 0.3 is 0 Å². The Labute approximate surface area is 199 Å². The first-order chi connectivity index (χ1) is 16.2. The summed E-state index contributed by atoms with van der Waals surface area (Å²) < 4.78 is 35.8. The highest BCUT2D eigenvalue weighted by molar-refractivity contribution is 7.92. The molecule has 2 atom stereocenters. The van der Waals surface area contributed by atoms with Crippen LogP contribution in [0.25, 0.3) is 22.4 Å². The maximum Gasteiger partial charge on any atom is 0.277 e. The number of fused-ring (bicyclic) bond motifs is 2. The van der Waals surface area contributed by atoms with Crippen molar-refractivity contribution in [2.24, 2.45) is 7.05 Å². The van der Waals surface area contributed by atoms with Crippen LogP contribution >= 0.6 is 0 Å². The normalized spacial score (nSPS) is 24.2. The first-order valence-electron chi connectivity index (χ1n) is 12.0. The summed E-state index contributed by atoms with van der Waals surface area (Å²) in [4.78, 5) is 20.1. The second-order valence-electron chi connectivity index (χ2n) is 9.67. The second kappa shape index (κ2) is 7.91. The molecule has 4 heterocycles. The van der Waals surface area contributed by atoms with Gasteiger partial charge in [-0.3, -0.25) is 9.48 Å². The van der Waals surface area contributed by atoms with Crippen LogP contribution in [-0.2, 0) is 23.3 Å². The third-order valence-corrected chi connectivity index (χ3v) is 10.5. The molecule has 2 aromatic heterocycles. The van der Waals surface area contributed by atoms with Crippen LogP contribution in [0, 0.1) is 0 Å². The van der Waals surface area contributed by atoms with Gasteiger partial charge in [-0.2, -0.15) is 5.10 Å². The summed E-state index contributed by atoms with van der Waals surface area (Å²) >= 11 is 0. The van der Waals surface area contributed by atoms with Crippen molar-refractivity contribution in [2.45, 2.75) is 55.7 Å². The number of nitrogens with zero attached hydrogens (tertiary/aromatic N) is 4. The monoisotopic (exact) mass is 486 g/mol. The lowest BCUT2D eigenvalue weighted by atomic mass is 10.0. The summed E-state index contributed by atoms with van der Waals surface area (Å²) in [6, 6.07) is 4.93. The first-order valence-corrected chi connectivity index (χ1v) is 13.5. The molecule has 2 fully saturated rings. The van der Waals surface area contributed by atoms with Gasteiger partial charge < -0.3 is 14.2 Å². The molecule has 0 radical (unpaired) electrons. The second-order valence-corrected chi connectivity index (χ2v) is 11.9. The Kier molecular flexibility index (Phi) is 5.36. The fraction of sp³-hybridized carbons (Fsp3) is 0.542. The topological polar surface area (TPSA) is 107 Å². The van der Waals surface area contributed by atoms with Crippen LogP contribution in [0.1, 0.15) is 45.2 Å². The highest BCUT2D eigenvalue weighted by Gasteiger charge is 2.68. The molecule has 2 aliphatic heterocycles. The van der Waals surface area contributed by atoms with Crippen molar-refractivity contribution in [3.8, 4) is 17.1 Å². The summed E-state index contributed by atoms with van der Waals surface area (Å²) in [7, 11) is 0.171. The van der Waals surface area contributed by atoms with E-state index in [9.17, 15) is 13.2 Å². The van der Waals surface area contributed by atoms with Crippen molar-refractivity contribution in [3.63, 3.8) is 0 Å². The van der Waals surface area contributed by atoms with Gasteiger partial charge in [-0.25, -0.2) is 13.4 Å². The van der Waals surface area contributed by atoms with E-state index in [0.717, 1.165) is 31.6 Å². The number of hydrogen-bond donors (Lipinski definition) is 1. The van der Waals surface area contributed by atoms with E-state index >= 15 is 0 Å². The summed E-state index contributed by atoms with van der Waals surface area (Å²) in [5, 5.41) is 4.48. The number of benzene rings is 1. The standard InChI is InChI=1S/C24H31N5O4S/c1-5-8-18-20-21(28(3)27-18)23(30)26-22(25-20)17-15-16(9-10-19(17)33-6-2)34(31,32)24-11-7-13-29(24,4)14-12-24/h9-10,15H,5-8,11-14H2,1-4H3/p+1. The molecule has 2 saturated heterocycles. The van der Waals surface area contributed by atoms with Gasteiger partial charge in [0.2, 0.25) is 14.7 Å². The minimum atomic E-state index is -3.61. The van der Waals surface area contributed by atoms with Gasteiger partial charge in [-0.1, -0.05) is 13.3 Å². The minimum absolute atomic E-state index is 0.250. The van der Waals surface area contributed by atoms with Crippen LogP contribution < -0.4 is 10.3 Å². The number of sulfone groups is 1. The lowest BCUT2D eigenvalue weighted by Crippen LogP contribution is -2.71. The molecule has 34 heavy (non-hydrogen) atoms. The molecule has 0 spiro atoms. The zero-order valence-electron chi connectivity index (χ0n) is 20.2. The van der Waals surface area contributed by atoms with E-state index in [1.54, 1.807) is 29.9 Å². The van der Waals surface area contributed by atoms with E-state index < -0.39 is 14.7 Å². The van der Waals surface area contributed by atoms with Crippen LogP contribution in [0.2, 0.25) is 0 Å². The highest BCUT2D eigenvalue weighted by Crippen LogP contribution is 2.52. The minimum Gasteiger partial charge on any atom is -0.493 e. The van der Waals surface area contributed by atoms with Gasteiger partial charge in [0.25, 0.3) is 5.56 Å². The number of ether oxygens (including phenoxy) is 1. The summed E-state index contributed by atoms with van der Waals surface area (Å²) in [6.45, 7) is 6.08. The average molecular weight is 487 g/mol. The number of aryl methyl sites for hydroxylation is 2. The summed E-state index contributed by atoms with van der Waals surface area (Å²) in [5.74, 6) is 0.776. The van der Waals surface area contributed by atoms with E-state index in [0.29, 0.717) is 52.7 Å². The lowest BCUT2D eigenvalue weighted by Gasteiger charge is -2.53. The van der Waals surface area contributed by atoms with Crippen molar-refractivity contribution >= 4 is 20.9 Å². The molecule has 3 aromatic rings. The Morgan fingerprint density at radius 3 is 2.68 bits per heavy atom. The van der Waals surface area contributed by atoms with Gasteiger partial charge in [-0.15, -0.1) is 0 Å². The molecule has 2 unspecified atom stereocenters. The van der Waals surface area contributed by atoms with Crippen molar-refractivity contribution in [1.29, 1.82) is 0 Å². The third kappa shape index (κ3) is 3.07. The van der Waals surface area contributed by atoms with E-state index in [1.165, 1.54) is 0 Å². The molecule has 1 aromatic carbocycles. The number of nitrogens with one attached hydrogen (secondary N) is 1. The molecule has 0 saturated carbocycles. The van der Waals surface area contributed by atoms with Crippen molar-refractivity contribution in [3.05, 3.63) is 34.2 Å². The molecule has 5 rings (SSSR count). The molecule has 9 nitrogen and oxygen atoms in total. The number of H-pyrrole nitrogens is 1. The largest absolute Gasteiger partial charge is 0.493 e. The Balaban J connectivity index is 1.69. The van der Waals surface area contributed by atoms with E-state index in [4.69, 9.17) is 9.72 Å². The van der Waals surface area contributed by atoms with E-state index in [-0.39, 0.29) is 16.3 Å². The molecule has 182 valence electrons. The first kappa shape index (κ1) is 23.0. The molecule has 10 heteroatoms. The molecule has 0 bridgehead atoms. The molecular weight excluding hydrogens is 454 g/mol. The van der Waals surface area contributed by atoms with Gasteiger partial charge in [-0.05, 0) is 31.5 Å². The molecule has 2 aliphatic rings.